The molecule has 0 bridgehead atoms. The van der Waals surface area contributed by atoms with Crippen LogP contribution in [0.4, 0.5) is 0 Å². The monoisotopic (exact) mass is 355 g/mol. The summed E-state index contributed by atoms with van der Waals surface area (Å²) < 4.78 is 1.72. The third-order valence-corrected chi connectivity index (χ3v) is 4.35. The fourth-order valence-corrected chi connectivity index (χ4v) is 3.02. The van der Waals surface area contributed by atoms with E-state index in [-0.39, 0.29) is 5.56 Å². The van der Waals surface area contributed by atoms with E-state index in [1.54, 1.807) is 16.9 Å². The molecular formula is C19H13N7O. The minimum Gasteiger partial charge on any atom is -0.313 e. The van der Waals surface area contributed by atoms with Crippen molar-refractivity contribution in [2.24, 2.45) is 0 Å². The van der Waals surface area contributed by atoms with Crippen molar-refractivity contribution in [1.82, 2.24) is 34.8 Å². The molecule has 5 rings (SSSR count). The minimum absolute atomic E-state index is 0.162. The minimum atomic E-state index is -0.162. The molecule has 5 aromatic rings. The topological polar surface area (TPSA) is 102 Å². The summed E-state index contributed by atoms with van der Waals surface area (Å²) in [5, 5.41) is 13.6. The van der Waals surface area contributed by atoms with E-state index in [4.69, 9.17) is 0 Å². The molecule has 0 aliphatic rings. The molecule has 0 saturated carbocycles. The van der Waals surface area contributed by atoms with Crippen molar-refractivity contribution < 1.29 is 0 Å². The number of benzene rings is 1. The maximum Gasteiger partial charge on any atom is 0.258 e. The summed E-state index contributed by atoms with van der Waals surface area (Å²) >= 11 is 0. The van der Waals surface area contributed by atoms with Crippen LogP contribution in [0.15, 0.2) is 66.0 Å². The SMILES string of the molecule is O=c1[nH]cnc2ccc(Cc3nnc4ccc(-c5cccnc5)nn34)cc12. The van der Waals surface area contributed by atoms with Crippen LogP contribution in [0.3, 0.4) is 0 Å². The van der Waals surface area contributed by atoms with Crippen LogP contribution in [0.5, 0.6) is 0 Å². The van der Waals surface area contributed by atoms with Crippen molar-refractivity contribution in [1.29, 1.82) is 0 Å². The van der Waals surface area contributed by atoms with Crippen LogP contribution in [-0.2, 0) is 6.42 Å². The van der Waals surface area contributed by atoms with Crippen LogP contribution in [0.1, 0.15) is 11.4 Å². The van der Waals surface area contributed by atoms with E-state index in [2.05, 4.69) is 30.2 Å². The number of nitrogens with one attached hydrogen (secondary N) is 1. The van der Waals surface area contributed by atoms with Gasteiger partial charge in [-0.1, -0.05) is 6.07 Å². The number of aromatic amines is 1. The molecule has 8 heteroatoms. The number of hydrogen-bond donors (Lipinski definition) is 1. The van der Waals surface area contributed by atoms with Gasteiger partial charge in [-0.25, -0.2) is 4.98 Å². The Morgan fingerprint density at radius 1 is 1.07 bits per heavy atom. The van der Waals surface area contributed by atoms with E-state index in [0.717, 1.165) is 16.8 Å². The molecule has 1 N–H and O–H groups in total. The standard InChI is InChI=1S/C19H13N7O/c27-19-14-8-12(3-4-16(14)21-11-22-19)9-18-24-23-17-6-5-15(25-26(17)18)13-2-1-7-20-10-13/h1-8,10-11H,9H2,(H,21,22,27). The molecule has 0 amide bonds. The highest BCUT2D eigenvalue weighted by Gasteiger charge is 2.11. The summed E-state index contributed by atoms with van der Waals surface area (Å²) in [5.41, 5.74) is 3.80. The molecule has 0 spiro atoms. The van der Waals surface area contributed by atoms with Gasteiger partial charge in [0.1, 0.15) is 0 Å². The molecule has 4 aromatic heterocycles. The Morgan fingerprint density at radius 2 is 2.04 bits per heavy atom. The van der Waals surface area contributed by atoms with Gasteiger partial charge in [0.2, 0.25) is 0 Å². The van der Waals surface area contributed by atoms with Gasteiger partial charge in [-0.2, -0.15) is 9.61 Å². The van der Waals surface area contributed by atoms with E-state index in [0.29, 0.717) is 28.8 Å². The van der Waals surface area contributed by atoms with E-state index in [9.17, 15) is 4.79 Å². The van der Waals surface area contributed by atoms with Crippen LogP contribution in [0.25, 0.3) is 27.8 Å². The van der Waals surface area contributed by atoms with Gasteiger partial charge < -0.3 is 4.98 Å². The Hall–Kier alpha value is -3.94. The first kappa shape index (κ1) is 15.3. The van der Waals surface area contributed by atoms with Gasteiger partial charge >= 0.3 is 0 Å². The number of fused-ring (bicyclic) bond motifs is 2. The average molecular weight is 355 g/mol. The lowest BCUT2D eigenvalue weighted by Crippen LogP contribution is -2.07. The largest absolute Gasteiger partial charge is 0.313 e. The van der Waals surface area contributed by atoms with E-state index in [1.165, 1.54) is 6.33 Å². The van der Waals surface area contributed by atoms with E-state index in [1.807, 2.05) is 42.5 Å². The molecule has 0 radical (unpaired) electrons. The van der Waals surface area contributed by atoms with Crippen molar-refractivity contribution in [2.75, 3.05) is 0 Å². The fourth-order valence-electron chi connectivity index (χ4n) is 3.02. The summed E-state index contributed by atoms with van der Waals surface area (Å²) in [6, 6.07) is 13.2. The molecule has 8 nitrogen and oxygen atoms in total. The van der Waals surface area contributed by atoms with Gasteiger partial charge in [-0.3, -0.25) is 9.78 Å². The molecule has 1 aromatic carbocycles. The zero-order valence-corrected chi connectivity index (χ0v) is 14.1. The first-order valence-corrected chi connectivity index (χ1v) is 8.36. The predicted molar refractivity (Wildman–Crippen MR) is 99.2 cm³/mol. The van der Waals surface area contributed by atoms with Gasteiger partial charge in [0.05, 0.1) is 22.9 Å². The summed E-state index contributed by atoms with van der Waals surface area (Å²) in [7, 11) is 0. The number of hydrogen-bond acceptors (Lipinski definition) is 6. The van der Waals surface area contributed by atoms with Gasteiger partial charge in [0, 0.05) is 24.4 Å². The first-order chi connectivity index (χ1) is 13.3. The fraction of sp³-hybridized carbons (Fsp3) is 0.0526. The number of aromatic nitrogens is 7. The molecule has 0 atom stereocenters. The lowest BCUT2D eigenvalue weighted by Gasteiger charge is -2.04. The Kier molecular flexibility index (Phi) is 3.46. The second kappa shape index (κ2) is 6.10. The third-order valence-electron chi connectivity index (χ3n) is 4.35. The summed E-state index contributed by atoms with van der Waals surface area (Å²) in [5.74, 6) is 0.690. The lowest BCUT2D eigenvalue weighted by molar-refractivity contribution is 0.842. The number of nitrogens with zero attached hydrogens (tertiary/aromatic N) is 6. The Bertz CT molecular complexity index is 1320. The summed E-state index contributed by atoms with van der Waals surface area (Å²) in [4.78, 5) is 22.9. The Balaban J connectivity index is 1.57. The lowest BCUT2D eigenvalue weighted by atomic mass is 10.1. The van der Waals surface area contributed by atoms with Gasteiger partial charge in [-0.15, -0.1) is 10.2 Å². The van der Waals surface area contributed by atoms with Crippen molar-refractivity contribution in [3.8, 4) is 11.3 Å². The van der Waals surface area contributed by atoms with Crippen LogP contribution < -0.4 is 5.56 Å². The molecule has 0 aliphatic heterocycles. The molecular weight excluding hydrogens is 342 g/mol. The second-order valence-electron chi connectivity index (χ2n) is 6.11. The summed E-state index contributed by atoms with van der Waals surface area (Å²) in [6.45, 7) is 0. The second-order valence-corrected chi connectivity index (χ2v) is 6.11. The predicted octanol–water partition coefficient (Wildman–Crippen LogP) is 2.01. The molecule has 4 heterocycles. The Morgan fingerprint density at radius 3 is 2.93 bits per heavy atom. The maximum atomic E-state index is 12.0. The van der Waals surface area contributed by atoms with Crippen LogP contribution in [0.2, 0.25) is 0 Å². The molecule has 0 unspecified atom stereocenters. The summed E-state index contributed by atoms with van der Waals surface area (Å²) in [6.07, 6.45) is 5.39. The number of pyridine rings is 1. The first-order valence-electron chi connectivity index (χ1n) is 8.36. The maximum absolute atomic E-state index is 12.0. The zero-order valence-electron chi connectivity index (χ0n) is 14.1. The third kappa shape index (κ3) is 2.73. The van der Waals surface area contributed by atoms with Crippen LogP contribution in [-0.4, -0.2) is 34.8 Å². The number of rotatable bonds is 3. The van der Waals surface area contributed by atoms with Gasteiger partial charge in [0.15, 0.2) is 11.5 Å². The van der Waals surface area contributed by atoms with Crippen molar-refractivity contribution in [3.63, 3.8) is 0 Å². The van der Waals surface area contributed by atoms with Crippen molar-refractivity contribution >= 4 is 16.6 Å². The van der Waals surface area contributed by atoms with Crippen molar-refractivity contribution in [3.05, 3.63) is 82.9 Å². The molecule has 0 saturated heterocycles. The highest BCUT2D eigenvalue weighted by Crippen LogP contribution is 2.17. The molecule has 0 fully saturated rings. The molecule has 0 aliphatic carbocycles. The normalized spacial score (nSPS) is 11.3. The van der Waals surface area contributed by atoms with E-state index < -0.39 is 0 Å². The Labute approximate surface area is 152 Å². The van der Waals surface area contributed by atoms with Gasteiger partial charge in [-0.05, 0) is 42.0 Å². The highest BCUT2D eigenvalue weighted by molar-refractivity contribution is 5.77. The molecule has 130 valence electrons. The zero-order chi connectivity index (χ0) is 18.2. The highest BCUT2D eigenvalue weighted by atomic mass is 16.1. The van der Waals surface area contributed by atoms with Gasteiger partial charge in [0.25, 0.3) is 5.56 Å². The van der Waals surface area contributed by atoms with Crippen LogP contribution >= 0.6 is 0 Å². The number of H-pyrrole nitrogens is 1. The molecule has 27 heavy (non-hydrogen) atoms. The average Bonchev–Trinajstić information content (AvgIpc) is 3.11. The van der Waals surface area contributed by atoms with E-state index >= 15 is 0 Å². The van der Waals surface area contributed by atoms with Crippen molar-refractivity contribution in [2.45, 2.75) is 6.42 Å². The van der Waals surface area contributed by atoms with Crippen LogP contribution in [0, 0.1) is 0 Å². The quantitative estimate of drug-likeness (QED) is 0.531. The smallest absolute Gasteiger partial charge is 0.258 e.